The molecule has 1 heterocycles. The van der Waals surface area contributed by atoms with Gasteiger partial charge in [0, 0.05) is 0 Å². The first-order chi connectivity index (χ1) is 13.7. The third kappa shape index (κ3) is 3.94. The number of nitrogens with one attached hydrogen (secondary N) is 1. The Hall–Kier alpha value is -1.92. The Bertz CT molecular complexity index is 938. The summed E-state index contributed by atoms with van der Waals surface area (Å²) in [4.78, 5) is 5.40. The minimum absolute atomic E-state index is 0.145. The van der Waals surface area contributed by atoms with Crippen molar-refractivity contribution in [2.24, 2.45) is 4.99 Å². The van der Waals surface area contributed by atoms with Gasteiger partial charge in [0.2, 0.25) is 0 Å². The summed E-state index contributed by atoms with van der Waals surface area (Å²) in [7, 11) is 0. The second-order valence-corrected chi connectivity index (χ2v) is 10.4. The Labute approximate surface area is 178 Å². The third-order valence-electron chi connectivity index (χ3n) is 5.40. The molecule has 0 aliphatic carbocycles. The first kappa shape index (κ1) is 19.4. The van der Waals surface area contributed by atoms with Gasteiger partial charge in [-0.25, -0.2) is 0 Å². The fourth-order valence-corrected chi connectivity index (χ4v) is 7.10. The van der Waals surface area contributed by atoms with E-state index >= 15 is 0 Å². The standard InChI is InChI=1S/C25H26N2Te/c1-19-11-9-12-20(2)23(19)27-24(28-22-15-7-4-8-16-22)25(17-10-18-26-25)21-13-5-3-6-14-21/h3-9,11-16,26H,10,17-18H2,1-2H3. The Balaban J connectivity index is 1.88. The summed E-state index contributed by atoms with van der Waals surface area (Å²) in [6.45, 7) is 5.38. The van der Waals surface area contributed by atoms with Crippen LogP contribution in [0.4, 0.5) is 5.69 Å². The molecule has 2 nitrogen and oxygen atoms in total. The average molecular weight is 482 g/mol. The van der Waals surface area contributed by atoms with Crippen LogP contribution in [-0.2, 0) is 5.54 Å². The topological polar surface area (TPSA) is 24.4 Å². The molecule has 0 radical (unpaired) electrons. The van der Waals surface area contributed by atoms with Gasteiger partial charge >= 0.3 is 179 Å². The molecule has 4 rings (SSSR count). The molecule has 1 atom stereocenters. The number of nitrogens with zero attached hydrogens (tertiary/aromatic N) is 1. The summed E-state index contributed by atoms with van der Waals surface area (Å²) >= 11 is -0.616. The molecular weight excluding hydrogens is 456 g/mol. The van der Waals surface area contributed by atoms with Crippen LogP contribution in [0.1, 0.15) is 29.5 Å². The van der Waals surface area contributed by atoms with Crippen molar-refractivity contribution in [1.29, 1.82) is 0 Å². The molecule has 1 unspecified atom stereocenters. The van der Waals surface area contributed by atoms with Crippen molar-refractivity contribution in [3.8, 4) is 0 Å². The number of aryl methyl sites for hydroxylation is 2. The summed E-state index contributed by atoms with van der Waals surface area (Å²) < 4.78 is 2.77. The number of aliphatic imine (C=N–C) groups is 1. The quantitative estimate of drug-likeness (QED) is 0.416. The molecule has 0 saturated carbocycles. The second kappa shape index (κ2) is 8.62. The van der Waals surface area contributed by atoms with E-state index in [9.17, 15) is 0 Å². The Morgan fingerprint density at radius 2 is 1.50 bits per heavy atom. The van der Waals surface area contributed by atoms with Gasteiger partial charge in [-0.1, -0.05) is 0 Å². The molecule has 1 aliphatic rings. The number of hydrogen-bond donors (Lipinski definition) is 1. The monoisotopic (exact) mass is 484 g/mol. The third-order valence-corrected chi connectivity index (χ3v) is 8.65. The maximum atomic E-state index is 5.40. The van der Waals surface area contributed by atoms with E-state index in [4.69, 9.17) is 4.99 Å². The van der Waals surface area contributed by atoms with Gasteiger partial charge in [0.25, 0.3) is 0 Å². The van der Waals surface area contributed by atoms with E-state index in [-0.39, 0.29) is 5.54 Å². The number of rotatable bonds is 5. The summed E-state index contributed by atoms with van der Waals surface area (Å²) in [5.74, 6) is 0. The molecule has 1 N–H and O–H groups in total. The van der Waals surface area contributed by atoms with Gasteiger partial charge in [0.1, 0.15) is 0 Å². The average Bonchev–Trinajstić information content (AvgIpc) is 3.22. The molecule has 1 saturated heterocycles. The van der Waals surface area contributed by atoms with E-state index in [1.165, 1.54) is 30.5 Å². The van der Waals surface area contributed by atoms with Crippen molar-refractivity contribution in [1.82, 2.24) is 5.32 Å². The van der Waals surface area contributed by atoms with Gasteiger partial charge in [-0.3, -0.25) is 0 Å². The molecular formula is C25H26N2Te. The van der Waals surface area contributed by atoms with Crippen LogP contribution in [0.3, 0.4) is 0 Å². The van der Waals surface area contributed by atoms with Crippen molar-refractivity contribution in [3.63, 3.8) is 0 Å². The van der Waals surface area contributed by atoms with E-state index in [1.54, 1.807) is 0 Å². The summed E-state index contributed by atoms with van der Waals surface area (Å²) in [5, 5.41) is 3.87. The van der Waals surface area contributed by atoms with Crippen molar-refractivity contribution >= 4 is 34.0 Å². The van der Waals surface area contributed by atoms with Gasteiger partial charge in [-0.05, 0) is 0 Å². The molecule has 0 aromatic heterocycles. The molecule has 3 aromatic rings. The molecule has 0 amide bonds. The zero-order chi connectivity index (χ0) is 19.4. The predicted octanol–water partition coefficient (Wildman–Crippen LogP) is 4.64. The Kier molecular flexibility index (Phi) is 5.97. The summed E-state index contributed by atoms with van der Waals surface area (Å²) in [6.07, 6.45) is 2.29. The summed E-state index contributed by atoms with van der Waals surface area (Å²) in [5.41, 5.74) is 4.84. The van der Waals surface area contributed by atoms with E-state index in [0.717, 1.165) is 18.7 Å². The van der Waals surface area contributed by atoms with Crippen LogP contribution in [0.5, 0.6) is 0 Å². The van der Waals surface area contributed by atoms with Crippen molar-refractivity contribution in [2.45, 2.75) is 32.2 Å². The maximum absolute atomic E-state index is 5.40. The van der Waals surface area contributed by atoms with Crippen molar-refractivity contribution in [2.75, 3.05) is 6.54 Å². The van der Waals surface area contributed by atoms with Crippen LogP contribution >= 0.6 is 0 Å². The molecule has 0 spiro atoms. The SMILES string of the molecule is Cc1cccc(C)c1N=C([Te]c1ccccc1)C1(c2ccccc2)CCCN1. The zero-order valence-electron chi connectivity index (χ0n) is 16.5. The number of benzene rings is 3. The van der Waals surface area contributed by atoms with Gasteiger partial charge < -0.3 is 0 Å². The van der Waals surface area contributed by atoms with Gasteiger partial charge in [0.05, 0.1) is 0 Å². The fraction of sp³-hybridized carbons (Fsp3) is 0.240. The van der Waals surface area contributed by atoms with E-state index in [1.807, 2.05) is 0 Å². The molecule has 1 aliphatic heterocycles. The first-order valence-corrected chi connectivity index (χ1v) is 12.2. The first-order valence-electron chi connectivity index (χ1n) is 9.88. The van der Waals surface area contributed by atoms with Crippen LogP contribution in [-0.4, -0.2) is 31.2 Å². The van der Waals surface area contributed by atoms with Gasteiger partial charge in [-0.2, -0.15) is 0 Å². The second-order valence-electron chi connectivity index (χ2n) is 7.37. The minimum atomic E-state index is -0.616. The van der Waals surface area contributed by atoms with Gasteiger partial charge in [-0.15, -0.1) is 0 Å². The molecule has 3 heteroatoms. The van der Waals surface area contributed by atoms with Crippen LogP contribution in [0.15, 0.2) is 83.9 Å². The molecule has 142 valence electrons. The van der Waals surface area contributed by atoms with Crippen LogP contribution in [0.2, 0.25) is 0 Å². The molecule has 0 bridgehead atoms. The normalized spacial score (nSPS) is 19.7. The number of hydrogen-bond acceptors (Lipinski definition) is 2. The van der Waals surface area contributed by atoms with Crippen LogP contribution in [0.25, 0.3) is 0 Å². The molecule has 1 fully saturated rings. The van der Waals surface area contributed by atoms with Crippen molar-refractivity contribution in [3.05, 3.63) is 95.6 Å². The zero-order valence-corrected chi connectivity index (χ0v) is 18.8. The van der Waals surface area contributed by atoms with Crippen molar-refractivity contribution < 1.29 is 0 Å². The molecule has 3 aromatic carbocycles. The van der Waals surface area contributed by atoms with E-state index in [2.05, 4.69) is 98.0 Å². The van der Waals surface area contributed by atoms with E-state index < -0.39 is 20.9 Å². The summed E-state index contributed by atoms with van der Waals surface area (Å²) in [6, 6.07) is 28.3. The van der Waals surface area contributed by atoms with E-state index in [0.29, 0.717) is 0 Å². The molecule has 28 heavy (non-hydrogen) atoms. The fourth-order valence-electron chi connectivity index (χ4n) is 3.91. The van der Waals surface area contributed by atoms with Crippen LogP contribution < -0.4 is 8.93 Å². The van der Waals surface area contributed by atoms with Gasteiger partial charge in [0.15, 0.2) is 0 Å². The predicted molar refractivity (Wildman–Crippen MR) is 120 cm³/mol. The van der Waals surface area contributed by atoms with Crippen LogP contribution in [0, 0.1) is 13.8 Å². The number of para-hydroxylation sites is 1. The Morgan fingerprint density at radius 3 is 2.11 bits per heavy atom. The Morgan fingerprint density at radius 1 is 0.857 bits per heavy atom.